The van der Waals surface area contributed by atoms with Gasteiger partial charge in [0, 0.05) is 15.0 Å². The molecule has 2 rings (SSSR count). The van der Waals surface area contributed by atoms with Crippen molar-refractivity contribution in [3.05, 3.63) is 18.2 Å². The SMILES string of the molecule is OB(O)c1sc2ccc(S)cc2c1O. The Hall–Kier alpha value is -0.685. The zero-order chi connectivity index (χ0) is 10.3. The van der Waals surface area contributed by atoms with Gasteiger partial charge in [-0.3, -0.25) is 0 Å². The molecule has 0 radical (unpaired) electrons. The van der Waals surface area contributed by atoms with Gasteiger partial charge in [-0.1, -0.05) is 0 Å². The number of hydrogen-bond donors (Lipinski definition) is 4. The molecular weight excluding hydrogens is 219 g/mol. The van der Waals surface area contributed by atoms with Crippen molar-refractivity contribution in [1.29, 1.82) is 0 Å². The Morgan fingerprint density at radius 2 is 2.00 bits per heavy atom. The maximum atomic E-state index is 9.64. The summed E-state index contributed by atoms with van der Waals surface area (Å²) in [5, 5.41) is 28.2. The third-order valence-electron chi connectivity index (χ3n) is 1.91. The van der Waals surface area contributed by atoms with E-state index in [4.69, 9.17) is 10.0 Å². The van der Waals surface area contributed by atoms with Gasteiger partial charge in [0.05, 0.1) is 4.78 Å². The van der Waals surface area contributed by atoms with Gasteiger partial charge in [0.2, 0.25) is 0 Å². The van der Waals surface area contributed by atoms with Crippen molar-refractivity contribution >= 4 is 45.9 Å². The lowest BCUT2D eigenvalue weighted by Crippen LogP contribution is -2.26. The van der Waals surface area contributed by atoms with Crippen LogP contribution in [0.4, 0.5) is 0 Å². The zero-order valence-corrected chi connectivity index (χ0v) is 8.72. The molecule has 0 fully saturated rings. The smallest absolute Gasteiger partial charge is 0.502 e. The Kier molecular flexibility index (Phi) is 2.44. The van der Waals surface area contributed by atoms with Crippen molar-refractivity contribution in [2.45, 2.75) is 4.90 Å². The van der Waals surface area contributed by atoms with Crippen LogP contribution >= 0.6 is 24.0 Å². The first kappa shape index (κ1) is 9.85. The Balaban J connectivity index is 2.74. The molecule has 72 valence electrons. The van der Waals surface area contributed by atoms with Crippen molar-refractivity contribution < 1.29 is 15.2 Å². The summed E-state index contributed by atoms with van der Waals surface area (Å²) in [6.45, 7) is 0. The fourth-order valence-electron chi connectivity index (χ4n) is 1.27. The van der Waals surface area contributed by atoms with Crippen LogP contribution in [-0.4, -0.2) is 22.3 Å². The molecule has 2 aromatic rings. The Labute approximate surface area is 90.2 Å². The van der Waals surface area contributed by atoms with Gasteiger partial charge < -0.3 is 15.2 Å². The van der Waals surface area contributed by atoms with Crippen LogP contribution in [-0.2, 0) is 0 Å². The van der Waals surface area contributed by atoms with Gasteiger partial charge in [0.15, 0.2) is 0 Å². The highest BCUT2D eigenvalue weighted by molar-refractivity contribution is 7.80. The molecule has 14 heavy (non-hydrogen) atoms. The fourth-order valence-corrected chi connectivity index (χ4v) is 2.42. The molecule has 0 unspecified atom stereocenters. The molecule has 0 atom stereocenters. The van der Waals surface area contributed by atoms with Crippen molar-refractivity contribution in [3.8, 4) is 5.75 Å². The van der Waals surface area contributed by atoms with Crippen LogP contribution < -0.4 is 4.78 Å². The van der Waals surface area contributed by atoms with Crippen LogP contribution in [0.25, 0.3) is 10.1 Å². The second kappa shape index (κ2) is 3.47. The van der Waals surface area contributed by atoms with Crippen molar-refractivity contribution in [3.63, 3.8) is 0 Å². The molecule has 1 heterocycles. The summed E-state index contributed by atoms with van der Waals surface area (Å²) in [5.41, 5.74) is 0. The Bertz CT molecular complexity index is 481. The molecule has 0 saturated heterocycles. The predicted molar refractivity (Wildman–Crippen MR) is 60.6 cm³/mol. The van der Waals surface area contributed by atoms with Gasteiger partial charge in [0.1, 0.15) is 5.75 Å². The lowest BCUT2D eigenvalue weighted by Gasteiger charge is -1.94. The van der Waals surface area contributed by atoms with Crippen molar-refractivity contribution in [1.82, 2.24) is 0 Å². The minimum absolute atomic E-state index is 0.0732. The number of aromatic hydroxyl groups is 1. The maximum absolute atomic E-state index is 9.64. The molecule has 0 aliphatic heterocycles. The molecule has 6 heteroatoms. The van der Waals surface area contributed by atoms with Crippen molar-refractivity contribution in [2.75, 3.05) is 0 Å². The van der Waals surface area contributed by atoms with E-state index >= 15 is 0 Å². The number of hydrogen-bond acceptors (Lipinski definition) is 5. The van der Waals surface area contributed by atoms with E-state index in [1.165, 1.54) is 0 Å². The predicted octanol–water partition coefficient (Wildman–Crippen LogP) is 0.575. The third kappa shape index (κ3) is 1.50. The lowest BCUT2D eigenvalue weighted by atomic mass is 9.88. The average Bonchev–Trinajstić information content (AvgIpc) is 2.44. The van der Waals surface area contributed by atoms with Crippen LogP contribution in [0.1, 0.15) is 0 Å². The first-order valence-electron chi connectivity index (χ1n) is 3.90. The van der Waals surface area contributed by atoms with E-state index in [2.05, 4.69) is 12.6 Å². The van der Waals surface area contributed by atoms with Crippen molar-refractivity contribution in [2.24, 2.45) is 0 Å². The standard InChI is InChI=1S/C8H7BO3S2/c10-7-5-3-4(13)1-2-6(5)14-8(7)9(11)12/h1-3,10-13H. The minimum Gasteiger partial charge on any atom is -0.507 e. The van der Waals surface area contributed by atoms with Gasteiger partial charge in [-0.15, -0.1) is 24.0 Å². The molecule has 0 spiro atoms. The second-order valence-corrected chi connectivity index (χ2v) is 4.47. The Morgan fingerprint density at radius 3 is 2.64 bits per heavy atom. The first-order chi connectivity index (χ1) is 6.59. The third-order valence-corrected chi connectivity index (χ3v) is 3.38. The molecule has 3 N–H and O–H groups in total. The molecule has 0 aliphatic rings. The summed E-state index contributed by atoms with van der Waals surface area (Å²) in [5.74, 6) is -0.0732. The van der Waals surface area contributed by atoms with Crippen LogP contribution in [0.3, 0.4) is 0 Å². The van der Waals surface area contributed by atoms with E-state index < -0.39 is 7.12 Å². The molecule has 1 aromatic heterocycles. The van der Waals surface area contributed by atoms with E-state index in [-0.39, 0.29) is 10.5 Å². The van der Waals surface area contributed by atoms with Gasteiger partial charge in [-0.25, -0.2) is 0 Å². The van der Waals surface area contributed by atoms with E-state index in [1.54, 1.807) is 18.2 Å². The number of fused-ring (bicyclic) bond motifs is 1. The number of thiophene rings is 1. The summed E-state index contributed by atoms with van der Waals surface area (Å²) < 4.78 is 0.974. The molecule has 0 bridgehead atoms. The normalized spacial score (nSPS) is 10.8. The highest BCUT2D eigenvalue weighted by atomic mass is 32.1. The average molecular weight is 226 g/mol. The molecule has 0 saturated carbocycles. The van der Waals surface area contributed by atoms with Gasteiger partial charge in [-0.05, 0) is 18.2 Å². The quantitative estimate of drug-likeness (QED) is 0.425. The first-order valence-corrected chi connectivity index (χ1v) is 5.16. The zero-order valence-electron chi connectivity index (χ0n) is 7.01. The maximum Gasteiger partial charge on any atom is 0.502 e. The van der Waals surface area contributed by atoms with Gasteiger partial charge in [0.25, 0.3) is 0 Å². The number of benzene rings is 1. The van der Waals surface area contributed by atoms with Crippen LogP contribution in [0.5, 0.6) is 5.75 Å². The molecule has 3 nitrogen and oxygen atoms in total. The topological polar surface area (TPSA) is 60.7 Å². The summed E-state index contributed by atoms with van der Waals surface area (Å²) in [7, 11) is -1.63. The fraction of sp³-hybridized carbons (Fsp3) is 0. The van der Waals surface area contributed by atoms with E-state index in [9.17, 15) is 5.11 Å². The van der Waals surface area contributed by atoms with Crippen LogP contribution in [0.15, 0.2) is 23.1 Å². The number of thiol groups is 1. The largest absolute Gasteiger partial charge is 0.507 e. The Morgan fingerprint density at radius 1 is 1.29 bits per heavy atom. The van der Waals surface area contributed by atoms with E-state index in [0.29, 0.717) is 5.39 Å². The summed E-state index contributed by atoms with van der Waals surface area (Å²) >= 11 is 5.29. The highest BCUT2D eigenvalue weighted by Crippen LogP contribution is 2.30. The molecule has 1 aromatic carbocycles. The van der Waals surface area contributed by atoms with Gasteiger partial charge in [-0.2, -0.15) is 0 Å². The molecule has 0 aliphatic carbocycles. The van der Waals surface area contributed by atoms with E-state index in [0.717, 1.165) is 20.9 Å². The van der Waals surface area contributed by atoms with Crippen LogP contribution in [0.2, 0.25) is 0 Å². The molecule has 0 amide bonds. The number of rotatable bonds is 1. The minimum atomic E-state index is -1.63. The molecular formula is C8H7BO3S2. The second-order valence-electron chi connectivity index (χ2n) is 2.87. The van der Waals surface area contributed by atoms with Crippen LogP contribution in [0, 0.1) is 0 Å². The lowest BCUT2D eigenvalue weighted by molar-refractivity contribution is 0.422. The summed E-state index contributed by atoms with van der Waals surface area (Å²) in [4.78, 5) is 0.726. The highest BCUT2D eigenvalue weighted by Gasteiger charge is 2.21. The van der Waals surface area contributed by atoms with E-state index in [1.807, 2.05) is 0 Å². The monoisotopic (exact) mass is 226 g/mol. The van der Waals surface area contributed by atoms with Gasteiger partial charge >= 0.3 is 7.12 Å². The summed E-state index contributed by atoms with van der Waals surface area (Å²) in [6.07, 6.45) is 0. The summed E-state index contributed by atoms with van der Waals surface area (Å²) in [6, 6.07) is 5.26.